The number of aliphatic hydroxyl groups is 1. The highest BCUT2D eigenvalue weighted by Crippen LogP contribution is 2.05. The summed E-state index contributed by atoms with van der Waals surface area (Å²) in [5.74, 6) is 0. The van der Waals surface area contributed by atoms with Crippen LogP contribution < -0.4 is 10.9 Å². The second-order valence-corrected chi connectivity index (χ2v) is 4.82. The lowest BCUT2D eigenvalue weighted by Crippen LogP contribution is -2.50. The van der Waals surface area contributed by atoms with Crippen molar-refractivity contribution in [3.63, 3.8) is 0 Å². The molecule has 110 valence electrons. The van der Waals surface area contributed by atoms with E-state index in [0.717, 1.165) is 13.1 Å². The fraction of sp³-hybridized carbons (Fsp3) is 0.538. The summed E-state index contributed by atoms with van der Waals surface area (Å²) in [4.78, 5) is 27.7. The first-order valence-corrected chi connectivity index (χ1v) is 6.66. The van der Waals surface area contributed by atoms with Crippen LogP contribution in [0.1, 0.15) is 0 Å². The summed E-state index contributed by atoms with van der Waals surface area (Å²) < 4.78 is 1.43. The van der Waals surface area contributed by atoms with Crippen LogP contribution in [0.15, 0.2) is 23.1 Å². The molecule has 0 radical (unpaired) electrons. The molecule has 1 fully saturated rings. The van der Waals surface area contributed by atoms with Gasteiger partial charge in [-0.2, -0.15) is 0 Å². The summed E-state index contributed by atoms with van der Waals surface area (Å²) in [6.45, 7) is 3.43. The number of hydrogen-bond donors (Lipinski definition) is 2. The number of nitrogens with zero attached hydrogens (tertiary/aromatic N) is 3. The van der Waals surface area contributed by atoms with Gasteiger partial charge in [-0.15, -0.1) is 0 Å². The SMILES string of the molecule is Cn1cccc(NC(=O)N2CCN(CCO)CC2)c1=O. The van der Waals surface area contributed by atoms with Crippen molar-refractivity contribution in [1.82, 2.24) is 14.4 Å². The van der Waals surface area contributed by atoms with Gasteiger partial charge in [0.2, 0.25) is 0 Å². The topological polar surface area (TPSA) is 77.8 Å². The number of piperazine rings is 1. The minimum atomic E-state index is -0.253. The van der Waals surface area contributed by atoms with Crippen LogP contribution in [0.25, 0.3) is 0 Å². The molecule has 0 bridgehead atoms. The second kappa shape index (κ2) is 6.53. The van der Waals surface area contributed by atoms with E-state index < -0.39 is 0 Å². The van der Waals surface area contributed by atoms with Crippen molar-refractivity contribution in [3.8, 4) is 0 Å². The van der Waals surface area contributed by atoms with Gasteiger partial charge in [0.1, 0.15) is 5.69 Å². The van der Waals surface area contributed by atoms with Gasteiger partial charge in [-0.05, 0) is 12.1 Å². The molecular weight excluding hydrogens is 260 g/mol. The van der Waals surface area contributed by atoms with Gasteiger partial charge in [0.15, 0.2) is 0 Å². The van der Waals surface area contributed by atoms with E-state index in [-0.39, 0.29) is 23.9 Å². The average molecular weight is 280 g/mol. The lowest BCUT2D eigenvalue weighted by molar-refractivity contribution is 0.127. The fourth-order valence-corrected chi connectivity index (χ4v) is 2.20. The van der Waals surface area contributed by atoms with Gasteiger partial charge in [-0.25, -0.2) is 4.79 Å². The number of carbonyl (C=O) groups excluding carboxylic acids is 1. The minimum absolute atomic E-state index is 0.131. The number of urea groups is 1. The zero-order chi connectivity index (χ0) is 14.5. The smallest absolute Gasteiger partial charge is 0.322 e. The van der Waals surface area contributed by atoms with E-state index >= 15 is 0 Å². The van der Waals surface area contributed by atoms with E-state index in [9.17, 15) is 9.59 Å². The molecule has 0 saturated carbocycles. The van der Waals surface area contributed by atoms with Crippen molar-refractivity contribution < 1.29 is 9.90 Å². The summed E-state index contributed by atoms with van der Waals surface area (Å²) in [7, 11) is 1.64. The maximum atomic E-state index is 12.1. The van der Waals surface area contributed by atoms with Gasteiger partial charge in [-0.1, -0.05) is 0 Å². The van der Waals surface area contributed by atoms with E-state index in [0.29, 0.717) is 19.6 Å². The number of nitrogens with one attached hydrogen (secondary N) is 1. The molecule has 2 heterocycles. The molecular formula is C13H20N4O3. The maximum Gasteiger partial charge on any atom is 0.322 e. The number of aryl methyl sites for hydroxylation is 1. The molecule has 0 aromatic carbocycles. The molecule has 1 aliphatic rings. The monoisotopic (exact) mass is 280 g/mol. The summed E-state index contributed by atoms with van der Waals surface area (Å²) >= 11 is 0. The van der Waals surface area contributed by atoms with Crippen LogP contribution in [0, 0.1) is 0 Å². The van der Waals surface area contributed by atoms with Crippen molar-refractivity contribution >= 4 is 11.7 Å². The molecule has 1 aromatic heterocycles. The molecule has 7 nitrogen and oxygen atoms in total. The molecule has 1 aliphatic heterocycles. The van der Waals surface area contributed by atoms with E-state index in [1.165, 1.54) is 4.57 Å². The number of amides is 2. The van der Waals surface area contributed by atoms with Crippen LogP contribution in [-0.4, -0.2) is 64.8 Å². The lowest BCUT2D eigenvalue weighted by atomic mass is 10.3. The Balaban J connectivity index is 1.93. The maximum absolute atomic E-state index is 12.1. The third kappa shape index (κ3) is 3.37. The Labute approximate surface area is 117 Å². The van der Waals surface area contributed by atoms with E-state index in [2.05, 4.69) is 10.2 Å². The molecule has 0 unspecified atom stereocenters. The fourth-order valence-electron chi connectivity index (χ4n) is 2.20. The number of aliphatic hydroxyl groups excluding tert-OH is 1. The first-order chi connectivity index (χ1) is 9.61. The highest BCUT2D eigenvalue weighted by atomic mass is 16.3. The van der Waals surface area contributed by atoms with Crippen molar-refractivity contribution in [3.05, 3.63) is 28.7 Å². The van der Waals surface area contributed by atoms with Crippen LogP contribution in [0.2, 0.25) is 0 Å². The Morgan fingerprint density at radius 3 is 2.70 bits per heavy atom. The zero-order valence-electron chi connectivity index (χ0n) is 11.6. The molecule has 0 spiro atoms. The summed E-state index contributed by atoms with van der Waals surface area (Å²) in [5.41, 5.74) is 0.0672. The van der Waals surface area contributed by atoms with Crippen molar-refractivity contribution in [2.24, 2.45) is 7.05 Å². The number of hydrogen-bond acceptors (Lipinski definition) is 4. The molecule has 2 N–H and O–H groups in total. The first-order valence-electron chi connectivity index (χ1n) is 6.66. The van der Waals surface area contributed by atoms with Crippen LogP contribution >= 0.6 is 0 Å². The van der Waals surface area contributed by atoms with Gasteiger partial charge in [0.25, 0.3) is 5.56 Å². The van der Waals surface area contributed by atoms with Crippen LogP contribution in [0.5, 0.6) is 0 Å². The van der Waals surface area contributed by atoms with E-state index in [4.69, 9.17) is 5.11 Å². The summed E-state index contributed by atoms with van der Waals surface area (Å²) in [6, 6.07) is 3.07. The zero-order valence-corrected chi connectivity index (χ0v) is 11.6. The highest BCUT2D eigenvalue weighted by Gasteiger charge is 2.21. The predicted molar refractivity (Wildman–Crippen MR) is 75.8 cm³/mol. The third-order valence-electron chi connectivity index (χ3n) is 3.44. The molecule has 7 heteroatoms. The number of β-amino-alcohol motifs (C(OH)–C–C–N with tert-alkyl or cyclic N) is 1. The number of carbonyl (C=O) groups is 1. The van der Waals surface area contributed by atoms with Gasteiger partial charge in [0.05, 0.1) is 6.61 Å². The van der Waals surface area contributed by atoms with Gasteiger partial charge < -0.3 is 19.9 Å². The van der Waals surface area contributed by atoms with Crippen LogP contribution in [0.4, 0.5) is 10.5 Å². The Bertz CT molecular complexity index is 521. The molecule has 2 amide bonds. The molecule has 1 saturated heterocycles. The van der Waals surface area contributed by atoms with Gasteiger partial charge >= 0.3 is 6.03 Å². The standard InChI is InChI=1S/C13H20N4O3/c1-15-4-2-3-11(12(15)19)14-13(20)17-7-5-16(6-8-17)9-10-18/h2-4,18H,5-10H2,1H3,(H,14,20). The minimum Gasteiger partial charge on any atom is -0.395 e. The average Bonchev–Trinajstić information content (AvgIpc) is 2.45. The number of anilines is 1. The first kappa shape index (κ1) is 14.5. The van der Waals surface area contributed by atoms with Crippen molar-refractivity contribution in [2.75, 3.05) is 44.6 Å². The van der Waals surface area contributed by atoms with Crippen LogP contribution in [-0.2, 0) is 7.05 Å². The largest absolute Gasteiger partial charge is 0.395 e. The molecule has 0 aliphatic carbocycles. The molecule has 1 aromatic rings. The van der Waals surface area contributed by atoms with Crippen LogP contribution in [0.3, 0.4) is 0 Å². The summed E-state index contributed by atoms with van der Waals surface area (Å²) in [6.07, 6.45) is 1.64. The Morgan fingerprint density at radius 1 is 1.35 bits per heavy atom. The predicted octanol–water partition coefficient (Wildman–Crippen LogP) is -0.473. The summed E-state index contributed by atoms with van der Waals surface area (Å²) in [5, 5.41) is 11.5. The molecule has 0 atom stereocenters. The molecule has 20 heavy (non-hydrogen) atoms. The van der Waals surface area contributed by atoms with E-state index in [1.807, 2.05) is 0 Å². The number of aromatic nitrogens is 1. The Hall–Kier alpha value is -1.86. The Kier molecular flexibility index (Phi) is 4.75. The van der Waals surface area contributed by atoms with Gasteiger partial charge in [0, 0.05) is 46.0 Å². The second-order valence-electron chi connectivity index (χ2n) is 4.82. The Morgan fingerprint density at radius 2 is 2.05 bits per heavy atom. The molecule has 2 rings (SSSR count). The normalized spacial score (nSPS) is 16.2. The van der Waals surface area contributed by atoms with Gasteiger partial charge in [-0.3, -0.25) is 9.69 Å². The highest BCUT2D eigenvalue weighted by molar-refractivity contribution is 5.89. The number of rotatable bonds is 3. The number of pyridine rings is 1. The third-order valence-corrected chi connectivity index (χ3v) is 3.44. The van der Waals surface area contributed by atoms with Crippen molar-refractivity contribution in [1.29, 1.82) is 0 Å². The van der Waals surface area contributed by atoms with E-state index in [1.54, 1.807) is 30.3 Å². The van der Waals surface area contributed by atoms with Crippen molar-refractivity contribution in [2.45, 2.75) is 0 Å². The quantitative estimate of drug-likeness (QED) is 0.784. The lowest BCUT2D eigenvalue weighted by Gasteiger charge is -2.34.